The van der Waals surface area contributed by atoms with Gasteiger partial charge in [0.2, 0.25) is 11.9 Å². The number of carbonyl (C=O) groups is 1. The van der Waals surface area contributed by atoms with Crippen molar-refractivity contribution in [2.45, 2.75) is 52.5 Å². The number of nitrogens with zero attached hydrogens (tertiary/aromatic N) is 2. The Morgan fingerprint density at radius 2 is 1.96 bits per heavy atom. The predicted octanol–water partition coefficient (Wildman–Crippen LogP) is 3.55. The average Bonchev–Trinajstić information content (AvgIpc) is 2.91. The second kappa shape index (κ2) is 9.18. The number of hydrogen-bond donors (Lipinski definition) is 2. The van der Waals surface area contributed by atoms with Crippen LogP contribution in [0.25, 0.3) is 11.0 Å². The van der Waals surface area contributed by atoms with Gasteiger partial charge in [-0.3, -0.25) is 4.79 Å². The van der Waals surface area contributed by atoms with Crippen LogP contribution < -0.4 is 10.6 Å². The summed E-state index contributed by atoms with van der Waals surface area (Å²) in [5.74, 6) is 1.08. The van der Waals surface area contributed by atoms with Gasteiger partial charge in [-0.15, -0.1) is 0 Å². The van der Waals surface area contributed by atoms with E-state index in [2.05, 4.69) is 40.1 Å². The number of aromatic nitrogens is 2. The van der Waals surface area contributed by atoms with E-state index in [1.165, 1.54) is 5.52 Å². The molecule has 1 aromatic carbocycles. The van der Waals surface area contributed by atoms with E-state index in [1.54, 1.807) is 0 Å². The van der Waals surface area contributed by atoms with E-state index in [1.807, 2.05) is 18.2 Å². The van der Waals surface area contributed by atoms with E-state index in [-0.39, 0.29) is 5.91 Å². The van der Waals surface area contributed by atoms with Gasteiger partial charge in [-0.1, -0.05) is 32.4 Å². The molecule has 0 unspecified atom stereocenters. The number of amides is 1. The van der Waals surface area contributed by atoms with E-state index in [0.29, 0.717) is 13.0 Å². The van der Waals surface area contributed by atoms with Gasteiger partial charge in [-0.05, 0) is 31.4 Å². The van der Waals surface area contributed by atoms with Gasteiger partial charge in [-0.2, -0.15) is 0 Å². The summed E-state index contributed by atoms with van der Waals surface area (Å²) in [6, 6.07) is 8.21. The SMILES string of the molecule is CCCCC(=O)NCCCNc1nc2ccccc2n1CCC. The fraction of sp³-hybridized carbons (Fsp3) is 0.556. The fourth-order valence-corrected chi connectivity index (χ4v) is 2.60. The summed E-state index contributed by atoms with van der Waals surface area (Å²) in [6.45, 7) is 6.74. The van der Waals surface area contributed by atoms with E-state index in [9.17, 15) is 4.79 Å². The average molecular weight is 316 g/mol. The first-order chi connectivity index (χ1) is 11.3. The molecule has 0 spiro atoms. The number of benzene rings is 1. The third kappa shape index (κ3) is 4.98. The molecule has 0 saturated heterocycles. The zero-order chi connectivity index (χ0) is 16.5. The van der Waals surface area contributed by atoms with Crippen LogP contribution in [0.2, 0.25) is 0 Å². The van der Waals surface area contributed by atoms with Crippen molar-refractivity contribution in [2.24, 2.45) is 0 Å². The van der Waals surface area contributed by atoms with Gasteiger partial charge in [-0.25, -0.2) is 4.98 Å². The monoisotopic (exact) mass is 316 g/mol. The number of fused-ring (bicyclic) bond motifs is 1. The summed E-state index contributed by atoms with van der Waals surface area (Å²) >= 11 is 0. The Balaban J connectivity index is 1.82. The number of hydrogen-bond acceptors (Lipinski definition) is 3. The van der Waals surface area contributed by atoms with Gasteiger partial charge in [0.05, 0.1) is 11.0 Å². The highest BCUT2D eigenvalue weighted by Gasteiger charge is 2.08. The van der Waals surface area contributed by atoms with Crippen LogP contribution in [0.15, 0.2) is 24.3 Å². The van der Waals surface area contributed by atoms with Gasteiger partial charge in [0.1, 0.15) is 0 Å². The van der Waals surface area contributed by atoms with E-state index in [0.717, 1.165) is 50.2 Å². The Labute approximate surface area is 138 Å². The van der Waals surface area contributed by atoms with E-state index in [4.69, 9.17) is 0 Å². The molecule has 0 bridgehead atoms. The third-order valence-electron chi connectivity index (χ3n) is 3.82. The molecule has 0 aliphatic rings. The minimum absolute atomic E-state index is 0.157. The van der Waals surface area contributed by atoms with Gasteiger partial charge < -0.3 is 15.2 Å². The number of carbonyl (C=O) groups excluding carboxylic acids is 1. The number of imidazole rings is 1. The number of aryl methyl sites for hydroxylation is 1. The first-order valence-corrected chi connectivity index (χ1v) is 8.72. The lowest BCUT2D eigenvalue weighted by Crippen LogP contribution is -2.25. The molecule has 0 aliphatic heterocycles. The molecule has 23 heavy (non-hydrogen) atoms. The first kappa shape index (κ1) is 17.3. The van der Waals surface area contributed by atoms with Crippen molar-refractivity contribution >= 4 is 22.9 Å². The lowest BCUT2D eigenvalue weighted by Gasteiger charge is -2.10. The largest absolute Gasteiger partial charge is 0.356 e. The Bertz CT molecular complexity index is 621. The van der Waals surface area contributed by atoms with Crippen LogP contribution in [0.5, 0.6) is 0 Å². The molecule has 0 radical (unpaired) electrons. The second-order valence-electron chi connectivity index (χ2n) is 5.81. The van der Waals surface area contributed by atoms with Gasteiger partial charge >= 0.3 is 0 Å². The Hall–Kier alpha value is -2.04. The van der Waals surface area contributed by atoms with Crippen LogP contribution in [0, 0.1) is 0 Å². The summed E-state index contributed by atoms with van der Waals surface area (Å²) in [5, 5.41) is 6.37. The molecule has 0 aliphatic carbocycles. The second-order valence-corrected chi connectivity index (χ2v) is 5.81. The van der Waals surface area contributed by atoms with Crippen molar-refractivity contribution in [3.63, 3.8) is 0 Å². The third-order valence-corrected chi connectivity index (χ3v) is 3.82. The van der Waals surface area contributed by atoms with Crippen LogP contribution in [0.3, 0.4) is 0 Å². The molecule has 2 rings (SSSR count). The smallest absolute Gasteiger partial charge is 0.219 e. The van der Waals surface area contributed by atoms with Crippen LogP contribution >= 0.6 is 0 Å². The van der Waals surface area contributed by atoms with Gasteiger partial charge in [0.15, 0.2) is 0 Å². The number of nitrogens with one attached hydrogen (secondary N) is 2. The minimum atomic E-state index is 0.157. The van der Waals surface area contributed by atoms with E-state index >= 15 is 0 Å². The number of unbranched alkanes of at least 4 members (excludes halogenated alkanes) is 1. The zero-order valence-corrected chi connectivity index (χ0v) is 14.3. The maximum absolute atomic E-state index is 11.5. The molecule has 1 amide bonds. The zero-order valence-electron chi connectivity index (χ0n) is 14.3. The normalized spacial score (nSPS) is 10.9. The molecule has 5 nitrogen and oxygen atoms in total. The molecule has 0 saturated carbocycles. The van der Waals surface area contributed by atoms with Crippen molar-refractivity contribution in [1.29, 1.82) is 0 Å². The van der Waals surface area contributed by atoms with E-state index < -0.39 is 0 Å². The van der Waals surface area contributed by atoms with Crippen LogP contribution in [0.4, 0.5) is 5.95 Å². The lowest BCUT2D eigenvalue weighted by molar-refractivity contribution is -0.121. The molecule has 126 valence electrons. The molecule has 2 N–H and O–H groups in total. The van der Waals surface area contributed by atoms with Crippen molar-refractivity contribution in [3.8, 4) is 0 Å². The van der Waals surface area contributed by atoms with Crippen molar-refractivity contribution in [2.75, 3.05) is 18.4 Å². The summed E-state index contributed by atoms with van der Waals surface area (Å²) in [7, 11) is 0. The lowest BCUT2D eigenvalue weighted by atomic mass is 10.2. The Kier molecular flexibility index (Phi) is 6.91. The van der Waals surface area contributed by atoms with Crippen LogP contribution in [0.1, 0.15) is 46.0 Å². The maximum atomic E-state index is 11.5. The standard InChI is InChI=1S/C18H28N4O/c1-3-5-11-17(23)19-12-8-13-20-18-21-15-9-6-7-10-16(15)22(18)14-4-2/h6-7,9-10H,3-5,8,11-14H2,1-2H3,(H,19,23)(H,20,21). The van der Waals surface area contributed by atoms with Crippen LogP contribution in [-0.2, 0) is 11.3 Å². The van der Waals surface area contributed by atoms with Crippen molar-refractivity contribution in [3.05, 3.63) is 24.3 Å². The highest BCUT2D eigenvalue weighted by atomic mass is 16.1. The molecule has 0 atom stereocenters. The predicted molar refractivity (Wildman–Crippen MR) is 95.7 cm³/mol. The quantitative estimate of drug-likeness (QED) is 0.659. The summed E-state index contributed by atoms with van der Waals surface area (Å²) in [5.41, 5.74) is 2.20. The molecular formula is C18H28N4O. The van der Waals surface area contributed by atoms with Gasteiger partial charge in [0, 0.05) is 26.1 Å². The maximum Gasteiger partial charge on any atom is 0.219 e. The molecule has 0 fully saturated rings. The van der Waals surface area contributed by atoms with Gasteiger partial charge in [0.25, 0.3) is 0 Å². The molecular weight excluding hydrogens is 288 g/mol. The summed E-state index contributed by atoms with van der Waals surface area (Å²) < 4.78 is 2.23. The summed E-state index contributed by atoms with van der Waals surface area (Å²) in [6.07, 6.45) is 4.62. The molecule has 1 heterocycles. The highest BCUT2D eigenvalue weighted by molar-refractivity contribution is 5.78. The Morgan fingerprint density at radius 3 is 2.74 bits per heavy atom. The molecule has 1 aromatic heterocycles. The highest BCUT2D eigenvalue weighted by Crippen LogP contribution is 2.19. The topological polar surface area (TPSA) is 59.0 Å². The summed E-state index contributed by atoms with van der Waals surface area (Å²) in [4.78, 5) is 16.2. The number of anilines is 1. The van der Waals surface area contributed by atoms with Crippen molar-refractivity contribution < 1.29 is 4.79 Å². The first-order valence-electron chi connectivity index (χ1n) is 8.72. The molecule has 5 heteroatoms. The van der Waals surface area contributed by atoms with Crippen molar-refractivity contribution in [1.82, 2.24) is 14.9 Å². The fourth-order valence-electron chi connectivity index (χ4n) is 2.60. The Morgan fingerprint density at radius 1 is 1.13 bits per heavy atom. The number of para-hydroxylation sites is 2. The molecule has 2 aromatic rings. The minimum Gasteiger partial charge on any atom is -0.356 e. The van der Waals surface area contributed by atoms with Crippen LogP contribution in [-0.4, -0.2) is 28.5 Å². The number of rotatable bonds is 10.